The van der Waals surface area contributed by atoms with E-state index >= 15 is 0 Å². The first-order chi connectivity index (χ1) is 13.7. The largest absolute Gasteiger partial charge is 0.493 e. The number of methoxy groups -OCH3 is 3. The highest BCUT2D eigenvalue weighted by Gasteiger charge is 2.37. The first-order valence-corrected chi connectivity index (χ1v) is 10.5. The van der Waals surface area contributed by atoms with E-state index in [1.54, 1.807) is 27.5 Å². The van der Waals surface area contributed by atoms with Gasteiger partial charge in [-0.3, -0.25) is 0 Å². The molecule has 1 fully saturated rings. The van der Waals surface area contributed by atoms with E-state index in [4.69, 9.17) is 19.0 Å². The molecule has 1 saturated carbocycles. The Hall–Kier alpha value is -2.21. The summed E-state index contributed by atoms with van der Waals surface area (Å²) in [6.45, 7) is 3.00. The first-order valence-electron chi connectivity index (χ1n) is 9.65. The minimum absolute atomic E-state index is 0.570. The number of thiophene rings is 1. The summed E-state index contributed by atoms with van der Waals surface area (Å²) < 4.78 is 16.0. The van der Waals surface area contributed by atoms with Crippen LogP contribution in [0, 0.1) is 11.8 Å². The monoisotopic (exact) mass is 403 g/mol. The summed E-state index contributed by atoms with van der Waals surface area (Å²) in [5, 5.41) is 6.28. The molecule has 1 aromatic carbocycles. The van der Waals surface area contributed by atoms with Crippen LogP contribution in [0.5, 0.6) is 17.2 Å². The summed E-state index contributed by atoms with van der Waals surface area (Å²) in [6.07, 6.45) is 5.44. The Morgan fingerprint density at radius 1 is 1.14 bits per heavy atom. The molecule has 0 saturated heterocycles. The number of rotatable bonds is 11. The normalized spacial score (nSPS) is 19.4. The maximum absolute atomic E-state index is 5.53. The minimum atomic E-state index is 0.570. The van der Waals surface area contributed by atoms with Crippen molar-refractivity contribution in [1.82, 2.24) is 0 Å². The second kappa shape index (κ2) is 9.82. The smallest absolute Gasteiger partial charge is 0.203 e. The molecule has 0 bridgehead atoms. The summed E-state index contributed by atoms with van der Waals surface area (Å²) in [7, 11) is 4.78. The summed E-state index contributed by atoms with van der Waals surface area (Å²) in [6, 6.07) is 8.07. The van der Waals surface area contributed by atoms with Gasteiger partial charge >= 0.3 is 0 Å². The lowest BCUT2D eigenvalue weighted by Crippen LogP contribution is -1.98. The zero-order valence-corrected chi connectivity index (χ0v) is 17.8. The molecule has 2 aromatic rings. The molecular weight excluding hydrogens is 374 g/mol. The Kier molecular flexibility index (Phi) is 7.20. The standard InChI is InChI=1S/C22H29NO4S/c1-15(21-6-5-9-28-21)7-8-17-12-18(17)14-27-23-13-16-10-19(24-2)22(26-4)20(11-16)25-3/h5-6,9-11,13,15,17-18H,7-8,12,14H2,1-4H3/b23-13-/t15?,17-,18-/m1/s1. The van der Waals surface area contributed by atoms with Gasteiger partial charge in [0.25, 0.3) is 0 Å². The maximum atomic E-state index is 5.53. The second-order valence-electron chi connectivity index (χ2n) is 7.24. The van der Waals surface area contributed by atoms with Gasteiger partial charge in [0.2, 0.25) is 5.75 Å². The number of hydrogen-bond donors (Lipinski definition) is 0. The molecule has 0 N–H and O–H groups in total. The van der Waals surface area contributed by atoms with Gasteiger partial charge in [0.1, 0.15) is 6.61 Å². The molecule has 5 nitrogen and oxygen atoms in total. The van der Waals surface area contributed by atoms with Crippen molar-refractivity contribution >= 4 is 17.6 Å². The number of hydrogen-bond acceptors (Lipinski definition) is 6. The molecule has 152 valence electrons. The van der Waals surface area contributed by atoms with E-state index in [1.165, 1.54) is 24.1 Å². The van der Waals surface area contributed by atoms with Gasteiger partial charge in [-0.1, -0.05) is 18.1 Å². The van der Waals surface area contributed by atoms with Gasteiger partial charge < -0.3 is 19.0 Å². The highest BCUT2D eigenvalue weighted by Crippen LogP contribution is 2.44. The predicted octanol–water partition coefficient (Wildman–Crippen LogP) is 5.34. The van der Waals surface area contributed by atoms with E-state index in [0.717, 1.165) is 11.5 Å². The zero-order valence-electron chi connectivity index (χ0n) is 17.0. The third kappa shape index (κ3) is 5.19. The molecule has 1 unspecified atom stereocenters. The van der Waals surface area contributed by atoms with Crippen molar-refractivity contribution in [3.05, 3.63) is 40.1 Å². The van der Waals surface area contributed by atoms with Crippen molar-refractivity contribution in [2.45, 2.75) is 32.1 Å². The van der Waals surface area contributed by atoms with Gasteiger partial charge in [0.05, 0.1) is 27.5 Å². The van der Waals surface area contributed by atoms with Crippen LogP contribution in [0.25, 0.3) is 0 Å². The van der Waals surface area contributed by atoms with Crippen molar-refractivity contribution in [1.29, 1.82) is 0 Å². The predicted molar refractivity (Wildman–Crippen MR) is 113 cm³/mol. The van der Waals surface area contributed by atoms with Gasteiger partial charge in [0, 0.05) is 10.4 Å². The summed E-state index contributed by atoms with van der Waals surface area (Å²) >= 11 is 1.86. The van der Waals surface area contributed by atoms with E-state index in [2.05, 4.69) is 29.6 Å². The first kappa shape index (κ1) is 20.5. The lowest BCUT2D eigenvalue weighted by molar-refractivity contribution is 0.131. The molecule has 6 heteroatoms. The summed E-state index contributed by atoms with van der Waals surface area (Å²) in [5.74, 6) is 3.84. The SMILES string of the molecule is COc1cc(/C=N\OC[C@H]2C[C@H]2CCC(C)c2cccs2)cc(OC)c1OC. The molecule has 1 aliphatic rings. The van der Waals surface area contributed by atoms with Crippen LogP contribution in [0.4, 0.5) is 0 Å². The van der Waals surface area contributed by atoms with E-state index < -0.39 is 0 Å². The van der Waals surface area contributed by atoms with Gasteiger partial charge in [0.15, 0.2) is 11.5 Å². The summed E-state index contributed by atoms with van der Waals surface area (Å²) in [4.78, 5) is 7.02. The van der Waals surface area contributed by atoms with Gasteiger partial charge in [-0.15, -0.1) is 11.3 Å². The van der Waals surface area contributed by atoms with Crippen LogP contribution in [-0.2, 0) is 4.84 Å². The topological polar surface area (TPSA) is 49.3 Å². The van der Waals surface area contributed by atoms with Crippen LogP contribution in [0.3, 0.4) is 0 Å². The molecule has 0 aliphatic heterocycles. The van der Waals surface area contributed by atoms with Crippen LogP contribution >= 0.6 is 11.3 Å². The third-order valence-corrected chi connectivity index (χ3v) is 6.42. The molecule has 3 atom stereocenters. The molecule has 0 spiro atoms. The highest BCUT2D eigenvalue weighted by atomic mass is 32.1. The Morgan fingerprint density at radius 3 is 2.50 bits per heavy atom. The van der Waals surface area contributed by atoms with Gasteiger partial charge in [-0.2, -0.15) is 0 Å². The Balaban J connectivity index is 1.42. The minimum Gasteiger partial charge on any atom is -0.493 e. The third-order valence-electron chi connectivity index (χ3n) is 5.32. The fourth-order valence-corrected chi connectivity index (χ4v) is 4.28. The molecule has 0 radical (unpaired) electrons. The summed E-state index contributed by atoms with van der Waals surface area (Å²) in [5.41, 5.74) is 0.839. The van der Waals surface area contributed by atoms with Crippen LogP contribution < -0.4 is 14.2 Å². The fourth-order valence-electron chi connectivity index (χ4n) is 3.46. The van der Waals surface area contributed by atoms with Gasteiger partial charge in [-0.05, 0) is 60.6 Å². The number of oxime groups is 1. The number of nitrogens with zero attached hydrogens (tertiary/aromatic N) is 1. The van der Waals surface area contributed by atoms with E-state index in [-0.39, 0.29) is 0 Å². The maximum Gasteiger partial charge on any atom is 0.203 e. The van der Waals surface area contributed by atoms with Crippen molar-refractivity contribution in [2.75, 3.05) is 27.9 Å². The van der Waals surface area contributed by atoms with Crippen molar-refractivity contribution in [3.63, 3.8) is 0 Å². The molecule has 1 heterocycles. The molecule has 1 aliphatic carbocycles. The Labute approximate surface area is 171 Å². The van der Waals surface area contributed by atoms with Crippen molar-refractivity contribution < 1.29 is 19.0 Å². The molecule has 28 heavy (non-hydrogen) atoms. The van der Waals surface area contributed by atoms with E-state index in [9.17, 15) is 0 Å². The molecular formula is C22H29NO4S. The van der Waals surface area contributed by atoms with Crippen LogP contribution in [0.1, 0.15) is 42.5 Å². The zero-order chi connectivity index (χ0) is 19.9. The Bertz CT molecular complexity index is 750. The highest BCUT2D eigenvalue weighted by molar-refractivity contribution is 7.10. The van der Waals surface area contributed by atoms with Crippen molar-refractivity contribution in [2.24, 2.45) is 17.0 Å². The Morgan fingerprint density at radius 2 is 1.89 bits per heavy atom. The van der Waals surface area contributed by atoms with E-state index in [1.807, 2.05) is 23.5 Å². The molecule has 3 rings (SSSR count). The fraction of sp³-hybridized carbons (Fsp3) is 0.500. The van der Waals surface area contributed by atoms with Crippen LogP contribution in [0.15, 0.2) is 34.8 Å². The quantitative estimate of drug-likeness (QED) is 0.375. The van der Waals surface area contributed by atoms with Crippen molar-refractivity contribution in [3.8, 4) is 17.2 Å². The number of ether oxygens (including phenoxy) is 3. The van der Waals surface area contributed by atoms with E-state index in [0.29, 0.717) is 35.7 Å². The second-order valence-corrected chi connectivity index (χ2v) is 8.22. The number of benzene rings is 1. The molecule has 1 aromatic heterocycles. The lowest BCUT2D eigenvalue weighted by atomic mass is 10.0. The molecule has 0 amide bonds. The van der Waals surface area contributed by atoms with Gasteiger partial charge in [-0.25, -0.2) is 0 Å². The van der Waals surface area contributed by atoms with Crippen LogP contribution in [-0.4, -0.2) is 34.2 Å². The van der Waals surface area contributed by atoms with Crippen LogP contribution in [0.2, 0.25) is 0 Å². The average molecular weight is 404 g/mol. The lowest BCUT2D eigenvalue weighted by Gasteiger charge is -2.12. The average Bonchev–Trinajstić information content (AvgIpc) is 3.23.